The minimum atomic E-state index is -0.480. The average Bonchev–Trinajstić information content (AvgIpc) is 3.15. The van der Waals surface area contributed by atoms with Gasteiger partial charge >= 0.3 is 0 Å². The second-order valence-corrected chi connectivity index (χ2v) is 9.51. The molecule has 0 aliphatic carbocycles. The number of nitrogens with one attached hydrogen (secondary N) is 1. The van der Waals surface area contributed by atoms with Gasteiger partial charge in [0, 0.05) is 53.4 Å². The first kappa shape index (κ1) is 24.2. The van der Waals surface area contributed by atoms with Gasteiger partial charge in [-0.2, -0.15) is 0 Å². The largest absolute Gasteiger partial charge is 0.495 e. The predicted molar refractivity (Wildman–Crippen MR) is 132 cm³/mol. The molecule has 9 nitrogen and oxygen atoms in total. The van der Waals surface area contributed by atoms with Gasteiger partial charge in [0.15, 0.2) is 0 Å². The van der Waals surface area contributed by atoms with Crippen LogP contribution in [0.15, 0.2) is 36.4 Å². The van der Waals surface area contributed by atoms with Crippen LogP contribution in [0.3, 0.4) is 0 Å². The summed E-state index contributed by atoms with van der Waals surface area (Å²) >= 11 is 13.6. The molecule has 1 saturated heterocycles. The van der Waals surface area contributed by atoms with Gasteiger partial charge in [0.05, 0.1) is 29.3 Å². The molecule has 1 N–H and O–H groups in total. The average molecular weight is 523 g/mol. The third-order valence-corrected chi connectivity index (χ3v) is 7.36. The number of nitro groups is 1. The lowest BCUT2D eigenvalue weighted by molar-refractivity contribution is -0.384. The summed E-state index contributed by atoms with van der Waals surface area (Å²) < 4.78 is 5.84. The van der Waals surface area contributed by atoms with Crippen LogP contribution < -0.4 is 10.1 Å². The number of nitrogens with zero attached hydrogens (tertiary/aromatic N) is 3. The lowest BCUT2D eigenvalue weighted by atomic mass is 10.2. The molecule has 12 heteroatoms. The standard InChI is InChI=1S/C22H20Cl2N4O5S/c1-33-17-5-2-13(23)10-16(17)25-19(29)12-26-6-8-27(9-7-26)22(30)21-20(24)15-4-3-14(28(31)32)11-18(15)34-21/h2-5,10-11H,6-9,12H2,1H3,(H,25,29). The van der Waals surface area contributed by atoms with Crippen LogP contribution >= 0.6 is 34.5 Å². The zero-order valence-corrected chi connectivity index (χ0v) is 20.4. The van der Waals surface area contributed by atoms with Crippen molar-refractivity contribution in [1.82, 2.24) is 9.80 Å². The first-order valence-corrected chi connectivity index (χ1v) is 11.9. The van der Waals surface area contributed by atoms with Gasteiger partial charge in [-0.15, -0.1) is 11.3 Å². The normalized spacial score (nSPS) is 14.3. The van der Waals surface area contributed by atoms with Gasteiger partial charge in [0.25, 0.3) is 11.6 Å². The van der Waals surface area contributed by atoms with Crippen molar-refractivity contribution in [2.24, 2.45) is 0 Å². The number of halogens is 2. The number of hydrogen-bond acceptors (Lipinski definition) is 7. The van der Waals surface area contributed by atoms with Gasteiger partial charge in [-0.3, -0.25) is 24.6 Å². The maximum Gasteiger partial charge on any atom is 0.270 e. The first-order chi connectivity index (χ1) is 16.3. The summed E-state index contributed by atoms with van der Waals surface area (Å²) in [6.07, 6.45) is 0. The van der Waals surface area contributed by atoms with Crippen LogP contribution in [0.25, 0.3) is 10.1 Å². The fourth-order valence-electron chi connectivity index (χ4n) is 3.73. The van der Waals surface area contributed by atoms with Crippen LogP contribution in [-0.2, 0) is 4.79 Å². The SMILES string of the molecule is COc1ccc(Cl)cc1NC(=O)CN1CCN(C(=O)c2sc3cc([N+](=O)[O-])ccc3c2Cl)CC1. The van der Waals surface area contributed by atoms with Crippen molar-refractivity contribution in [1.29, 1.82) is 0 Å². The molecule has 2 amide bonds. The van der Waals surface area contributed by atoms with Gasteiger partial charge < -0.3 is 15.0 Å². The smallest absolute Gasteiger partial charge is 0.270 e. The topological polar surface area (TPSA) is 105 Å². The molecule has 2 aromatic carbocycles. The van der Waals surface area contributed by atoms with Crippen molar-refractivity contribution in [3.63, 3.8) is 0 Å². The van der Waals surface area contributed by atoms with Gasteiger partial charge in [-0.25, -0.2) is 0 Å². The van der Waals surface area contributed by atoms with E-state index in [9.17, 15) is 19.7 Å². The number of benzene rings is 2. The molecule has 2 heterocycles. The fourth-order valence-corrected chi connectivity index (χ4v) is 5.41. The Morgan fingerprint density at radius 3 is 2.56 bits per heavy atom. The van der Waals surface area contributed by atoms with E-state index >= 15 is 0 Å². The summed E-state index contributed by atoms with van der Waals surface area (Å²) in [7, 11) is 1.51. The highest BCUT2D eigenvalue weighted by atomic mass is 35.5. The van der Waals surface area contributed by atoms with Crippen LogP contribution in [0.4, 0.5) is 11.4 Å². The summed E-state index contributed by atoms with van der Waals surface area (Å²) in [6, 6.07) is 9.34. The molecule has 3 aromatic rings. The Morgan fingerprint density at radius 2 is 1.88 bits per heavy atom. The number of carbonyl (C=O) groups is 2. The van der Waals surface area contributed by atoms with Crippen LogP contribution in [0.2, 0.25) is 10.0 Å². The molecular formula is C22H20Cl2N4O5S. The molecule has 0 spiro atoms. The second kappa shape index (κ2) is 10.1. The molecular weight excluding hydrogens is 503 g/mol. The van der Waals surface area contributed by atoms with Crippen molar-refractivity contribution in [3.05, 3.63) is 61.4 Å². The highest BCUT2D eigenvalue weighted by molar-refractivity contribution is 7.21. The van der Waals surface area contributed by atoms with Gasteiger partial charge in [0.1, 0.15) is 10.6 Å². The molecule has 1 aliphatic heterocycles. The number of non-ortho nitro benzene ring substituents is 1. The zero-order chi connectivity index (χ0) is 24.4. The monoisotopic (exact) mass is 522 g/mol. The van der Waals surface area contributed by atoms with Crippen molar-refractivity contribution in [2.45, 2.75) is 0 Å². The van der Waals surface area contributed by atoms with Crippen molar-refractivity contribution in [3.8, 4) is 5.75 Å². The molecule has 0 atom stereocenters. The molecule has 4 rings (SSSR count). The Labute approximate surface area is 208 Å². The maximum absolute atomic E-state index is 13.1. The van der Waals surface area contributed by atoms with Crippen molar-refractivity contribution >= 4 is 67.8 Å². The highest BCUT2D eigenvalue weighted by Crippen LogP contribution is 2.38. The number of carbonyl (C=O) groups excluding carboxylic acids is 2. The van der Waals surface area contributed by atoms with Crippen LogP contribution in [0, 0.1) is 10.1 Å². The van der Waals surface area contributed by atoms with E-state index < -0.39 is 4.92 Å². The number of methoxy groups -OCH3 is 1. The van der Waals surface area contributed by atoms with Crippen LogP contribution in [-0.4, -0.2) is 66.4 Å². The van der Waals surface area contributed by atoms with Gasteiger partial charge in [0.2, 0.25) is 5.91 Å². The Kier molecular flexibility index (Phi) is 7.22. The number of rotatable bonds is 6. The maximum atomic E-state index is 13.1. The molecule has 0 saturated carbocycles. The van der Waals surface area contributed by atoms with E-state index in [1.54, 1.807) is 29.2 Å². The lowest BCUT2D eigenvalue weighted by Crippen LogP contribution is -2.50. The molecule has 1 fully saturated rings. The first-order valence-electron chi connectivity index (χ1n) is 10.3. The summed E-state index contributed by atoms with van der Waals surface area (Å²) in [5, 5.41) is 15.2. The predicted octanol–water partition coefficient (Wildman–Crippen LogP) is 4.52. The van der Waals surface area contributed by atoms with Crippen LogP contribution in [0.1, 0.15) is 9.67 Å². The number of thiophene rings is 1. The number of piperazine rings is 1. The van der Waals surface area contributed by atoms with E-state index in [1.807, 2.05) is 4.90 Å². The molecule has 178 valence electrons. The molecule has 34 heavy (non-hydrogen) atoms. The lowest BCUT2D eigenvalue weighted by Gasteiger charge is -2.34. The Bertz CT molecular complexity index is 1270. The highest BCUT2D eigenvalue weighted by Gasteiger charge is 2.27. The quantitative estimate of drug-likeness (QED) is 0.376. The minimum Gasteiger partial charge on any atom is -0.495 e. The Morgan fingerprint density at radius 1 is 1.15 bits per heavy atom. The summed E-state index contributed by atoms with van der Waals surface area (Å²) in [5.41, 5.74) is 0.445. The second-order valence-electron chi connectivity index (χ2n) is 7.64. The molecule has 1 aliphatic rings. The Hall–Kier alpha value is -2.92. The fraction of sp³-hybridized carbons (Fsp3) is 0.273. The minimum absolute atomic E-state index is 0.0494. The number of fused-ring (bicyclic) bond motifs is 1. The number of ether oxygens (including phenoxy) is 1. The summed E-state index contributed by atoms with van der Waals surface area (Å²) in [6.45, 7) is 2.04. The third kappa shape index (κ3) is 5.10. The van der Waals surface area contributed by atoms with E-state index in [-0.39, 0.29) is 24.0 Å². The van der Waals surface area contributed by atoms with Gasteiger partial charge in [-0.1, -0.05) is 23.2 Å². The number of anilines is 1. The number of hydrogen-bond donors (Lipinski definition) is 1. The van der Waals surface area contributed by atoms with E-state index in [0.29, 0.717) is 62.6 Å². The molecule has 1 aromatic heterocycles. The van der Waals surface area contributed by atoms with E-state index in [4.69, 9.17) is 27.9 Å². The van der Waals surface area contributed by atoms with Crippen molar-refractivity contribution < 1.29 is 19.2 Å². The van der Waals surface area contributed by atoms with E-state index in [2.05, 4.69) is 5.32 Å². The van der Waals surface area contributed by atoms with Crippen LogP contribution in [0.5, 0.6) is 5.75 Å². The van der Waals surface area contributed by atoms with E-state index in [1.165, 1.54) is 19.2 Å². The summed E-state index contributed by atoms with van der Waals surface area (Å²) in [5.74, 6) is 0.0785. The molecule has 0 radical (unpaired) electrons. The van der Waals surface area contributed by atoms with Crippen molar-refractivity contribution in [2.75, 3.05) is 45.2 Å². The third-order valence-electron chi connectivity index (χ3n) is 5.48. The molecule has 0 bridgehead atoms. The zero-order valence-electron chi connectivity index (χ0n) is 18.0. The number of amides is 2. The summed E-state index contributed by atoms with van der Waals surface area (Å²) in [4.78, 5) is 40.1. The van der Waals surface area contributed by atoms with E-state index in [0.717, 1.165) is 11.3 Å². The Balaban J connectivity index is 1.37. The van der Waals surface area contributed by atoms with Gasteiger partial charge in [-0.05, 0) is 24.3 Å². The number of nitro benzene ring substituents is 1. The molecule has 0 unspecified atom stereocenters.